The third-order valence-electron chi connectivity index (χ3n) is 3.13. The van der Waals surface area contributed by atoms with Crippen molar-refractivity contribution in [3.63, 3.8) is 0 Å². The zero-order valence-corrected chi connectivity index (χ0v) is 10.3. The van der Waals surface area contributed by atoms with Crippen LogP contribution in [0.1, 0.15) is 30.3 Å². The number of carbonyl (C=O) groups is 1. The van der Waals surface area contributed by atoms with E-state index in [1.54, 1.807) is 11.8 Å². The van der Waals surface area contributed by atoms with Crippen molar-refractivity contribution in [1.29, 1.82) is 0 Å². The number of carbonyl (C=O) groups excluding carboxylic acids is 1. The fourth-order valence-electron chi connectivity index (χ4n) is 1.89. The summed E-state index contributed by atoms with van der Waals surface area (Å²) in [6.07, 6.45) is 4.00. The molecule has 7 heteroatoms. The fourth-order valence-corrected chi connectivity index (χ4v) is 1.89. The molecule has 0 atom stereocenters. The van der Waals surface area contributed by atoms with Crippen molar-refractivity contribution >= 4 is 11.7 Å². The van der Waals surface area contributed by atoms with Crippen LogP contribution in [0.15, 0.2) is 12.4 Å². The van der Waals surface area contributed by atoms with Crippen molar-refractivity contribution in [2.24, 2.45) is 5.84 Å². The summed E-state index contributed by atoms with van der Waals surface area (Å²) in [5.41, 5.74) is 1.93. The molecule has 1 saturated heterocycles. The van der Waals surface area contributed by atoms with E-state index in [9.17, 15) is 9.90 Å². The fraction of sp³-hybridized carbons (Fsp3) is 0.545. The second-order valence-electron chi connectivity index (χ2n) is 4.72. The van der Waals surface area contributed by atoms with Crippen molar-refractivity contribution in [2.45, 2.75) is 25.4 Å². The normalized spacial score (nSPS) is 18.5. The third-order valence-corrected chi connectivity index (χ3v) is 3.13. The molecule has 7 nitrogen and oxygen atoms in total. The summed E-state index contributed by atoms with van der Waals surface area (Å²) < 4.78 is 0. The van der Waals surface area contributed by atoms with Gasteiger partial charge in [-0.05, 0) is 19.8 Å². The Morgan fingerprint density at radius 3 is 2.78 bits per heavy atom. The predicted molar refractivity (Wildman–Crippen MR) is 65.6 cm³/mol. The molecule has 0 aliphatic carbocycles. The van der Waals surface area contributed by atoms with Gasteiger partial charge in [-0.15, -0.1) is 0 Å². The molecule has 18 heavy (non-hydrogen) atoms. The first-order valence-electron chi connectivity index (χ1n) is 5.82. The van der Waals surface area contributed by atoms with Crippen LogP contribution in [0.3, 0.4) is 0 Å². The molecule has 1 amide bonds. The van der Waals surface area contributed by atoms with Crippen LogP contribution in [0.5, 0.6) is 0 Å². The number of hydrazine groups is 1. The van der Waals surface area contributed by atoms with Gasteiger partial charge in [-0.3, -0.25) is 9.78 Å². The van der Waals surface area contributed by atoms with Gasteiger partial charge in [0.2, 0.25) is 0 Å². The number of nitrogens with zero attached hydrogens (tertiary/aromatic N) is 3. The van der Waals surface area contributed by atoms with Gasteiger partial charge in [-0.1, -0.05) is 0 Å². The molecule has 1 fully saturated rings. The first-order chi connectivity index (χ1) is 8.52. The highest BCUT2D eigenvalue weighted by Gasteiger charge is 2.30. The summed E-state index contributed by atoms with van der Waals surface area (Å²) in [5.74, 6) is 5.39. The van der Waals surface area contributed by atoms with Crippen molar-refractivity contribution in [1.82, 2.24) is 14.9 Å². The summed E-state index contributed by atoms with van der Waals surface area (Å²) >= 11 is 0. The second-order valence-corrected chi connectivity index (χ2v) is 4.72. The number of piperidine rings is 1. The van der Waals surface area contributed by atoms with E-state index in [-0.39, 0.29) is 11.6 Å². The summed E-state index contributed by atoms with van der Waals surface area (Å²) in [6.45, 7) is 2.83. The molecule has 0 aromatic carbocycles. The van der Waals surface area contributed by atoms with Crippen LogP contribution in [0, 0.1) is 0 Å². The molecule has 2 rings (SSSR count). The zero-order valence-electron chi connectivity index (χ0n) is 10.3. The summed E-state index contributed by atoms with van der Waals surface area (Å²) in [4.78, 5) is 21.8. The Morgan fingerprint density at radius 1 is 1.50 bits per heavy atom. The Labute approximate surface area is 105 Å². The number of nitrogens with two attached hydrogens (primary N) is 1. The molecule has 1 aromatic rings. The van der Waals surface area contributed by atoms with Gasteiger partial charge in [-0.25, -0.2) is 10.8 Å². The lowest BCUT2D eigenvalue weighted by molar-refractivity contribution is -0.00220. The first-order valence-corrected chi connectivity index (χ1v) is 5.82. The van der Waals surface area contributed by atoms with Crippen LogP contribution in [-0.4, -0.2) is 44.6 Å². The number of likely N-dealkylation sites (tertiary alicyclic amines) is 1. The predicted octanol–water partition coefficient (Wildman–Crippen LogP) is -0.251. The van der Waals surface area contributed by atoms with Crippen LogP contribution >= 0.6 is 0 Å². The van der Waals surface area contributed by atoms with Gasteiger partial charge in [0, 0.05) is 13.1 Å². The van der Waals surface area contributed by atoms with Gasteiger partial charge in [0.15, 0.2) is 5.82 Å². The van der Waals surface area contributed by atoms with Gasteiger partial charge >= 0.3 is 0 Å². The maximum Gasteiger partial charge on any atom is 0.274 e. The molecule has 1 aliphatic heterocycles. The molecule has 98 valence electrons. The summed E-state index contributed by atoms with van der Waals surface area (Å²) in [7, 11) is 0. The molecule has 0 unspecified atom stereocenters. The molecule has 0 saturated carbocycles. The van der Waals surface area contributed by atoms with E-state index in [0.29, 0.717) is 31.7 Å². The largest absolute Gasteiger partial charge is 0.390 e. The highest BCUT2D eigenvalue weighted by atomic mass is 16.3. The van der Waals surface area contributed by atoms with Crippen LogP contribution in [0.2, 0.25) is 0 Å². The molecule has 2 heterocycles. The average Bonchev–Trinajstić information content (AvgIpc) is 2.38. The van der Waals surface area contributed by atoms with E-state index in [0.717, 1.165) is 0 Å². The van der Waals surface area contributed by atoms with E-state index in [2.05, 4.69) is 15.4 Å². The number of amides is 1. The first kappa shape index (κ1) is 12.7. The summed E-state index contributed by atoms with van der Waals surface area (Å²) in [6, 6.07) is 0. The SMILES string of the molecule is CC1(O)CCN(C(=O)c2cncc(NN)n2)CC1. The van der Waals surface area contributed by atoms with Gasteiger partial charge in [0.05, 0.1) is 18.0 Å². The van der Waals surface area contributed by atoms with Gasteiger partial charge in [-0.2, -0.15) is 0 Å². The Hall–Kier alpha value is -1.73. The Balaban J connectivity index is 2.07. The molecule has 1 aliphatic rings. The van der Waals surface area contributed by atoms with E-state index < -0.39 is 5.60 Å². The summed E-state index contributed by atoms with van der Waals surface area (Å²) in [5, 5.41) is 9.83. The van der Waals surface area contributed by atoms with Crippen molar-refractivity contribution in [3.05, 3.63) is 18.1 Å². The van der Waals surface area contributed by atoms with Gasteiger partial charge < -0.3 is 15.4 Å². The Kier molecular flexibility index (Phi) is 3.44. The number of aliphatic hydroxyl groups is 1. The lowest BCUT2D eigenvalue weighted by Crippen LogP contribution is -2.45. The number of nitrogen functional groups attached to an aromatic ring is 1. The van der Waals surface area contributed by atoms with Crippen LogP contribution < -0.4 is 11.3 Å². The van der Waals surface area contributed by atoms with Crippen molar-refractivity contribution in [2.75, 3.05) is 18.5 Å². The van der Waals surface area contributed by atoms with Crippen molar-refractivity contribution in [3.8, 4) is 0 Å². The molecular formula is C11H17N5O2. The minimum atomic E-state index is -0.677. The molecule has 0 spiro atoms. The van der Waals surface area contributed by atoms with Crippen LogP contribution in [0.4, 0.5) is 5.82 Å². The minimum absolute atomic E-state index is 0.185. The quantitative estimate of drug-likeness (QED) is 0.494. The number of nitrogens with one attached hydrogen (secondary N) is 1. The van der Waals surface area contributed by atoms with Gasteiger partial charge in [0.25, 0.3) is 5.91 Å². The molecule has 4 N–H and O–H groups in total. The molecule has 0 radical (unpaired) electrons. The maximum atomic E-state index is 12.2. The lowest BCUT2D eigenvalue weighted by Gasteiger charge is -2.35. The smallest absolute Gasteiger partial charge is 0.274 e. The Morgan fingerprint density at radius 2 is 2.17 bits per heavy atom. The standard InChI is InChI=1S/C11H17N5O2/c1-11(18)2-4-16(5-3-11)10(17)8-6-13-7-9(14-8)15-12/h6-7,18H,2-5,12H2,1H3,(H,14,15). The highest BCUT2D eigenvalue weighted by molar-refractivity contribution is 5.92. The topological polar surface area (TPSA) is 104 Å². The van der Waals surface area contributed by atoms with Crippen molar-refractivity contribution < 1.29 is 9.90 Å². The highest BCUT2D eigenvalue weighted by Crippen LogP contribution is 2.22. The monoisotopic (exact) mass is 251 g/mol. The maximum absolute atomic E-state index is 12.2. The van der Waals surface area contributed by atoms with E-state index >= 15 is 0 Å². The average molecular weight is 251 g/mol. The number of aromatic nitrogens is 2. The number of hydrogen-bond acceptors (Lipinski definition) is 6. The second kappa shape index (κ2) is 4.87. The van der Waals surface area contributed by atoms with Crippen LogP contribution in [0.25, 0.3) is 0 Å². The zero-order chi connectivity index (χ0) is 13.2. The number of anilines is 1. The number of hydrogen-bond donors (Lipinski definition) is 3. The lowest BCUT2D eigenvalue weighted by atomic mass is 9.94. The molecule has 1 aromatic heterocycles. The molecule has 0 bridgehead atoms. The number of rotatable bonds is 2. The van der Waals surface area contributed by atoms with Gasteiger partial charge in [0.1, 0.15) is 5.69 Å². The minimum Gasteiger partial charge on any atom is -0.390 e. The van der Waals surface area contributed by atoms with E-state index in [4.69, 9.17) is 5.84 Å². The van der Waals surface area contributed by atoms with E-state index in [1.165, 1.54) is 12.4 Å². The third kappa shape index (κ3) is 2.74. The Bertz CT molecular complexity index is 439. The molecular weight excluding hydrogens is 234 g/mol. The van der Waals surface area contributed by atoms with E-state index in [1.807, 2.05) is 0 Å². The van der Waals surface area contributed by atoms with Crippen LogP contribution in [-0.2, 0) is 0 Å².